The van der Waals surface area contributed by atoms with Crippen molar-refractivity contribution in [3.05, 3.63) is 24.3 Å². The van der Waals surface area contributed by atoms with E-state index in [1.165, 1.54) is 128 Å². The number of unbranched alkanes of at least 4 members (excludes halogenated alkanes) is 24. The molecule has 0 bridgehead atoms. The van der Waals surface area contributed by atoms with Crippen LogP contribution in [0.1, 0.15) is 206 Å². The Balaban J connectivity index is 4.17. The zero-order chi connectivity index (χ0) is 38.9. The molecule has 53 heavy (non-hydrogen) atoms. The molecule has 9 nitrogen and oxygen atoms in total. The van der Waals surface area contributed by atoms with Gasteiger partial charge in [-0.1, -0.05) is 173 Å². The molecule has 0 saturated heterocycles. The van der Waals surface area contributed by atoms with Crippen LogP contribution in [0.4, 0.5) is 0 Å². The first kappa shape index (κ1) is 51.5. The highest BCUT2D eigenvalue weighted by molar-refractivity contribution is 7.47. The number of ether oxygens (including phenoxy) is 2. The molecule has 0 saturated carbocycles. The van der Waals surface area contributed by atoms with Crippen LogP contribution in [0.15, 0.2) is 24.3 Å². The van der Waals surface area contributed by atoms with Gasteiger partial charge >= 0.3 is 19.8 Å². The molecular formula is C43H82NO8P. The Hall–Kier alpha value is -1.51. The van der Waals surface area contributed by atoms with Crippen molar-refractivity contribution in [1.82, 2.24) is 0 Å². The maximum atomic E-state index is 12.5. The number of carbonyl (C=O) groups is 2. The molecule has 0 aliphatic heterocycles. The van der Waals surface area contributed by atoms with E-state index < -0.39 is 26.5 Å². The standard InChI is InChI=1S/C43H82NO8P/c1-3-5-7-9-11-13-15-17-19-20-22-23-25-27-29-31-33-35-42(45)49-39-41(40-51-53(47,48)50-38-37-44)52-43(46)36-34-32-30-28-26-24-21-18-16-14-12-10-8-6-4-2/h18,21,26,28,41H,3-17,19-20,22-25,27,29-40,44H2,1-2H3,(H,47,48)/b21-18+,28-26+/t41-/m1/s1. The largest absolute Gasteiger partial charge is 0.472 e. The minimum atomic E-state index is -4.38. The number of phosphoric acid groups is 1. The Morgan fingerprint density at radius 1 is 0.566 bits per heavy atom. The smallest absolute Gasteiger partial charge is 0.462 e. The molecule has 0 aromatic heterocycles. The molecule has 0 spiro atoms. The molecule has 0 radical (unpaired) electrons. The number of allylic oxidation sites excluding steroid dienone is 4. The molecule has 1 unspecified atom stereocenters. The quantitative estimate of drug-likeness (QED) is 0.0269. The first-order chi connectivity index (χ1) is 25.8. The van der Waals surface area contributed by atoms with Gasteiger partial charge in [0.2, 0.25) is 0 Å². The van der Waals surface area contributed by atoms with Crippen molar-refractivity contribution in [2.24, 2.45) is 5.73 Å². The summed E-state index contributed by atoms with van der Waals surface area (Å²) < 4.78 is 32.7. The van der Waals surface area contributed by atoms with Gasteiger partial charge in [-0.25, -0.2) is 4.57 Å². The van der Waals surface area contributed by atoms with Crippen LogP contribution in [0.5, 0.6) is 0 Å². The second-order valence-electron chi connectivity index (χ2n) is 14.6. The van der Waals surface area contributed by atoms with Crippen molar-refractivity contribution >= 4 is 19.8 Å². The first-order valence-electron chi connectivity index (χ1n) is 21.8. The molecule has 0 aromatic rings. The normalized spacial score (nSPS) is 13.5. The van der Waals surface area contributed by atoms with E-state index in [-0.39, 0.29) is 38.6 Å². The monoisotopic (exact) mass is 772 g/mol. The SMILES string of the molecule is CCCCCCCC/C=C/C/C=C/CCCCC(=O)O[C@H](COC(=O)CCCCCCCCCCCCCCCCCCC)COP(=O)(O)OCCN. The molecule has 3 N–H and O–H groups in total. The number of nitrogens with two attached hydrogens (primary N) is 1. The predicted molar refractivity (Wildman–Crippen MR) is 220 cm³/mol. The summed E-state index contributed by atoms with van der Waals surface area (Å²) in [6, 6.07) is 0. The molecule has 10 heteroatoms. The van der Waals surface area contributed by atoms with E-state index in [2.05, 4.69) is 38.2 Å². The summed E-state index contributed by atoms with van der Waals surface area (Å²) >= 11 is 0. The maximum absolute atomic E-state index is 12.5. The van der Waals surface area contributed by atoms with Gasteiger partial charge in [-0.2, -0.15) is 0 Å². The van der Waals surface area contributed by atoms with E-state index in [9.17, 15) is 19.0 Å². The lowest BCUT2D eigenvalue weighted by Gasteiger charge is -2.19. The lowest BCUT2D eigenvalue weighted by molar-refractivity contribution is -0.161. The Morgan fingerprint density at radius 3 is 1.47 bits per heavy atom. The second kappa shape index (κ2) is 40.2. The molecule has 0 rings (SSSR count). The molecular weight excluding hydrogens is 689 g/mol. The molecule has 0 fully saturated rings. The molecule has 0 heterocycles. The Bertz CT molecular complexity index is 928. The second-order valence-corrected chi connectivity index (χ2v) is 16.0. The number of phosphoric ester groups is 1. The minimum Gasteiger partial charge on any atom is -0.462 e. The maximum Gasteiger partial charge on any atom is 0.472 e. The van der Waals surface area contributed by atoms with Crippen LogP contribution in [0.2, 0.25) is 0 Å². The van der Waals surface area contributed by atoms with Crippen LogP contribution < -0.4 is 5.73 Å². The number of esters is 2. The van der Waals surface area contributed by atoms with Gasteiger partial charge in [-0.15, -0.1) is 0 Å². The third kappa shape index (κ3) is 40.0. The molecule has 0 aliphatic carbocycles. The molecule has 312 valence electrons. The molecule has 0 aliphatic rings. The highest BCUT2D eigenvalue weighted by atomic mass is 31.2. The van der Waals surface area contributed by atoms with Gasteiger partial charge in [0.15, 0.2) is 6.10 Å². The van der Waals surface area contributed by atoms with Crippen molar-refractivity contribution in [3.63, 3.8) is 0 Å². The van der Waals surface area contributed by atoms with E-state index >= 15 is 0 Å². The minimum absolute atomic E-state index is 0.0501. The Labute approximate surface area is 325 Å². The van der Waals surface area contributed by atoms with Crippen LogP contribution in [0.25, 0.3) is 0 Å². The number of hydrogen-bond acceptors (Lipinski definition) is 8. The Kier molecular flexibility index (Phi) is 39.0. The van der Waals surface area contributed by atoms with Crippen molar-refractivity contribution in [2.45, 2.75) is 213 Å². The summed E-state index contributed by atoms with van der Waals surface area (Å²) in [7, 11) is -4.38. The zero-order valence-electron chi connectivity index (χ0n) is 34.3. The summed E-state index contributed by atoms with van der Waals surface area (Å²) in [5.74, 6) is -0.859. The van der Waals surface area contributed by atoms with Gasteiger partial charge in [-0.05, 0) is 44.9 Å². The number of hydrogen-bond donors (Lipinski definition) is 2. The number of carbonyl (C=O) groups excluding carboxylic acids is 2. The first-order valence-corrected chi connectivity index (χ1v) is 23.3. The van der Waals surface area contributed by atoms with E-state index in [1.54, 1.807) is 0 Å². The van der Waals surface area contributed by atoms with Gasteiger partial charge in [0, 0.05) is 19.4 Å². The van der Waals surface area contributed by atoms with Gasteiger partial charge in [0.25, 0.3) is 0 Å². The van der Waals surface area contributed by atoms with E-state index in [0.717, 1.165) is 44.9 Å². The summed E-state index contributed by atoms with van der Waals surface area (Å²) in [6.07, 6.45) is 42.1. The highest BCUT2D eigenvalue weighted by Gasteiger charge is 2.26. The van der Waals surface area contributed by atoms with Crippen LogP contribution in [-0.2, 0) is 32.7 Å². The average Bonchev–Trinajstić information content (AvgIpc) is 3.14. The highest BCUT2D eigenvalue weighted by Crippen LogP contribution is 2.43. The van der Waals surface area contributed by atoms with Crippen molar-refractivity contribution < 1.29 is 37.6 Å². The lowest BCUT2D eigenvalue weighted by atomic mass is 10.0. The van der Waals surface area contributed by atoms with Gasteiger partial charge in [0.05, 0.1) is 13.2 Å². The van der Waals surface area contributed by atoms with Crippen molar-refractivity contribution in [1.29, 1.82) is 0 Å². The van der Waals surface area contributed by atoms with Crippen molar-refractivity contribution in [2.75, 3.05) is 26.4 Å². The van der Waals surface area contributed by atoms with Crippen molar-refractivity contribution in [3.8, 4) is 0 Å². The van der Waals surface area contributed by atoms with Gasteiger partial charge in [-0.3, -0.25) is 18.6 Å². The fourth-order valence-electron chi connectivity index (χ4n) is 6.08. The fraction of sp³-hybridized carbons (Fsp3) is 0.860. The van der Waals surface area contributed by atoms with Gasteiger partial charge in [0.1, 0.15) is 6.61 Å². The Morgan fingerprint density at radius 2 is 0.981 bits per heavy atom. The summed E-state index contributed by atoms with van der Waals surface area (Å²) in [5.41, 5.74) is 5.34. The fourth-order valence-corrected chi connectivity index (χ4v) is 6.84. The van der Waals surface area contributed by atoms with Gasteiger partial charge < -0.3 is 20.1 Å². The summed E-state index contributed by atoms with van der Waals surface area (Å²) in [4.78, 5) is 34.8. The lowest BCUT2D eigenvalue weighted by Crippen LogP contribution is -2.29. The summed E-state index contributed by atoms with van der Waals surface area (Å²) in [5, 5.41) is 0. The van der Waals surface area contributed by atoms with Crippen LogP contribution in [0.3, 0.4) is 0 Å². The van der Waals surface area contributed by atoms with E-state index in [1.807, 2.05) is 0 Å². The van der Waals surface area contributed by atoms with Crippen LogP contribution >= 0.6 is 7.82 Å². The zero-order valence-corrected chi connectivity index (χ0v) is 35.2. The molecule has 0 aromatic carbocycles. The third-order valence-electron chi connectivity index (χ3n) is 9.34. The topological polar surface area (TPSA) is 134 Å². The predicted octanol–water partition coefficient (Wildman–Crippen LogP) is 12.4. The van der Waals surface area contributed by atoms with E-state index in [4.69, 9.17) is 24.3 Å². The van der Waals surface area contributed by atoms with Crippen LogP contribution in [-0.4, -0.2) is 49.3 Å². The molecule has 0 amide bonds. The summed E-state index contributed by atoms with van der Waals surface area (Å²) in [6.45, 7) is 3.71. The van der Waals surface area contributed by atoms with Crippen LogP contribution in [0, 0.1) is 0 Å². The molecule has 2 atom stereocenters. The third-order valence-corrected chi connectivity index (χ3v) is 10.3. The number of rotatable bonds is 41. The van der Waals surface area contributed by atoms with E-state index in [0.29, 0.717) is 6.42 Å². The average molecular weight is 772 g/mol.